The van der Waals surface area contributed by atoms with Gasteiger partial charge >= 0.3 is 0 Å². The summed E-state index contributed by atoms with van der Waals surface area (Å²) < 4.78 is 14.1. The smallest absolute Gasteiger partial charge is 0.153 e. The predicted octanol–water partition coefficient (Wildman–Crippen LogP) is 3.49. The van der Waals surface area contributed by atoms with E-state index in [0.29, 0.717) is 11.8 Å². The molecule has 0 N–H and O–H groups in total. The Morgan fingerprint density at radius 2 is 2.11 bits per heavy atom. The fourth-order valence-corrected chi connectivity index (χ4v) is 1.99. The first-order chi connectivity index (χ1) is 8.63. The largest absolute Gasteiger partial charge is 0.298 e. The van der Waals surface area contributed by atoms with Crippen molar-refractivity contribution in [3.8, 4) is 0 Å². The van der Waals surface area contributed by atoms with E-state index < -0.39 is 5.82 Å². The Kier molecular flexibility index (Phi) is 3.51. The summed E-state index contributed by atoms with van der Waals surface area (Å²) in [6, 6.07) is 6.86. The number of hydrogen-bond donors (Lipinski definition) is 0. The number of nitrogens with zero attached hydrogens (tertiary/aromatic N) is 1. The molecule has 0 bridgehead atoms. The number of carbonyl (C=O) groups is 1. The SMILES string of the molecule is Cc1cncc(C(C)c2cccc(C=O)c2F)c1. The van der Waals surface area contributed by atoms with E-state index in [-0.39, 0.29) is 11.5 Å². The van der Waals surface area contributed by atoms with Gasteiger partial charge in [0.1, 0.15) is 5.82 Å². The van der Waals surface area contributed by atoms with Crippen LogP contribution in [-0.2, 0) is 0 Å². The first-order valence-corrected chi connectivity index (χ1v) is 5.78. The molecule has 0 aliphatic rings. The van der Waals surface area contributed by atoms with Crippen LogP contribution in [0.15, 0.2) is 36.7 Å². The Balaban J connectivity index is 2.46. The first-order valence-electron chi connectivity index (χ1n) is 5.78. The van der Waals surface area contributed by atoms with Crippen LogP contribution in [-0.4, -0.2) is 11.3 Å². The molecule has 0 spiro atoms. The number of halogens is 1. The third-order valence-electron chi connectivity index (χ3n) is 3.05. The normalized spacial score (nSPS) is 12.2. The maximum absolute atomic E-state index is 14.1. The number of rotatable bonds is 3. The molecule has 2 rings (SSSR count). The van der Waals surface area contributed by atoms with Crippen LogP contribution in [0.3, 0.4) is 0 Å². The van der Waals surface area contributed by atoms with Crippen LogP contribution in [0.25, 0.3) is 0 Å². The number of aldehydes is 1. The zero-order valence-electron chi connectivity index (χ0n) is 10.4. The molecule has 2 aromatic rings. The number of pyridine rings is 1. The summed E-state index contributed by atoms with van der Waals surface area (Å²) in [6.07, 6.45) is 4.03. The molecule has 1 atom stereocenters. The van der Waals surface area contributed by atoms with Crippen molar-refractivity contribution in [1.82, 2.24) is 4.98 Å². The molecule has 0 radical (unpaired) electrons. The van der Waals surface area contributed by atoms with Crippen LogP contribution >= 0.6 is 0 Å². The standard InChI is InChI=1S/C15H14FNO/c1-10-6-13(8-17-7-10)11(2)14-5-3-4-12(9-18)15(14)16/h3-9,11H,1-2H3. The van der Waals surface area contributed by atoms with Crippen molar-refractivity contribution < 1.29 is 9.18 Å². The van der Waals surface area contributed by atoms with E-state index in [2.05, 4.69) is 4.98 Å². The zero-order chi connectivity index (χ0) is 13.1. The number of aromatic nitrogens is 1. The average molecular weight is 243 g/mol. The van der Waals surface area contributed by atoms with Crippen molar-refractivity contribution in [2.45, 2.75) is 19.8 Å². The molecule has 92 valence electrons. The van der Waals surface area contributed by atoms with Gasteiger partial charge in [0.15, 0.2) is 6.29 Å². The van der Waals surface area contributed by atoms with Crippen LogP contribution in [0, 0.1) is 12.7 Å². The summed E-state index contributed by atoms with van der Waals surface area (Å²) in [6.45, 7) is 3.85. The van der Waals surface area contributed by atoms with Gasteiger partial charge in [0.05, 0.1) is 5.56 Å². The van der Waals surface area contributed by atoms with Crippen molar-refractivity contribution in [3.63, 3.8) is 0 Å². The van der Waals surface area contributed by atoms with Gasteiger partial charge in [-0.05, 0) is 29.7 Å². The zero-order valence-corrected chi connectivity index (χ0v) is 10.4. The molecular weight excluding hydrogens is 229 g/mol. The Morgan fingerprint density at radius 3 is 2.78 bits per heavy atom. The topological polar surface area (TPSA) is 30.0 Å². The van der Waals surface area contributed by atoms with Gasteiger partial charge in [-0.15, -0.1) is 0 Å². The summed E-state index contributed by atoms with van der Waals surface area (Å²) >= 11 is 0. The van der Waals surface area contributed by atoms with E-state index in [4.69, 9.17) is 0 Å². The first kappa shape index (κ1) is 12.4. The van der Waals surface area contributed by atoms with Crippen LogP contribution in [0.2, 0.25) is 0 Å². The van der Waals surface area contributed by atoms with E-state index >= 15 is 0 Å². The highest BCUT2D eigenvalue weighted by molar-refractivity contribution is 5.75. The second-order valence-electron chi connectivity index (χ2n) is 4.39. The van der Waals surface area contributed by atoms with E-state index in [1.165, 1.54) is 6.07 Å². The van der Waals surface area contributed by atoms with Crippen molar-refractivity contribution in [2.24, 2.45) is 0 Å². The van der Waals surface area contributed by atoms with Crippen LogP contribution in [0.4, 0.5) is 4.39 Å². The molecule has 1 heterocycles. The number of carbonyl (C=O) groups excluding carboxylic acids is 1. The predicted molar refractivity (Wildman–Crippen MR) is 68.3 cm³/mol. The highest BCUT2D eigenvalue weighted by Gasteiger charge is 2.15. The minimum atomic E-state index is -0.443. The van der Waals surface area contributed by atoms with Crippen molar-refractivity contribution in [3.05, 3.63) is 64.7 Å². The molecule has 0 saturated heterocycles. The summed E-state index contributed by atoms with van der Waals surface area (Å²) in [4.78, 5) is 14.9. The van der Waals surface area contributed by atoms with Gasteiger partial charge in [-0.1, -0.05) is 25.1 Å². The third kappa shape index (κ3) is 2.30. The summed E-state index contributed by atoms with van der Waals surface area (Å²) in [5, 5.41) is 0. The van der Waals surface area contributed by atoms with Crippen LogP contribution < -0.4 is 0 Å². The summed E-state index contributed by atoms with van der Waals surface area (Å²) in [5.74, 6) is -0.571. The van der Waals surface area contributed by atoms with Crippen molar-refractivity contribution in [1.29, 1.82) is 0 Å². The number of benzene rings is 1. The Hall–Kier alpha value is -2.03. The molecule has 0 saturated carbocycles. The van der Waals surface area contributed by atoms with Gasteiger partial charge in [-0.2, -0.15) is 0 Å². The molecule has 18 heavy (non-hydrogen) atoms. The van der Waals surface area contributed by atoms with Gasteiger partial charge < -0.3 is 0 Å². The average Bonchev–Trinajstić information content (AvgIpc) is 2.38. The second-order valence-corrected chi connectivity index (χ2v) is 4.39. The Bertz CT molecular complexity index is 580. The highest BCUT2D eigenvalue weighted by Crippen LogP contribution is 2.27. The minimum absolute atomic E-state index is 0.0972. The van der Waals surface area contributed by atoms with Crippen molar-refractivity contribution >= 4 is 6.29 Å². The summed E-state index contributed by atoms with van der Waals surface area (Å²) in [7, 11) is 0. The lowest BCUT2D eigenvalue weighted by Gasteiger charge is -2.14. The van der Waals surface area contributed by atoms with Gasteiger partial charge in [-0.3, -0.25) is 9.78 Å². The molecule has 1 aromatic carbocycles. The Labute approximate surface area is 105 Å². The molecular formula is C15H14FNO. The second kappa shape index (κ2) is 5.08. The molecule has 2 nitrogen and oxygen atoms in total. The lowest BCUT2D eigenvalue weighted by molar-refractivity contribution is 0.111. The molecule has 3 heteroatoms. The molecule has 0 fully saturated rings. The van der Waals surface area contributed by atoms with Gasteiger partial charge in [-0.25, -0.2) is 4.39 Å². The van der Waals surface area contributed by atoms with Crippen LogP contribution in [0.1, 0.15) is 39.9 Å². The van der Waals surface area contributed by atoms with Gasteiger partial charge in [0, 0.05) is 18.3 Å². The van der Waals surface area contributed by atoms with E-state index in [1.807, 2.05) is 19.9 Å². The van der Waals surface area contributed by atoms with E-state index in [1.54, 1.807) is 24.5 Å². The molecule has 1 aromatic heterocycles. The van der Waals surface area contributed by atoms with Gasteiger partial charge in [0.25, 0.3) is 0 Å². The monoisotopic (exact) mass is 243 g/mol. The summed E-state index contributed by atoms with van der Waals surface area (Å²) in [5.41, 5.74) is 2.59. The highest BCUT2D eigenvalue weighted by atomic mass is 19.1. The Morgan fingerprint density at radius 1 is 1.33 bits per heavy atom. The molecule has 0 aliphatic carbocycles. The van der Waals surface area contributed by atoms with Crippen molar-refractivity contribution in [2.75, 3.05) is 0 Å². The van der Waals surface area contributed by atoms with E-state index in [0.717, 1.165) is 11.1 Å². The minimum Gasteiger partial charge on any atom is -0.298 e. The number of hydrogen-bond acceptors (Lipinski definition) is 2. The molecule has 1 unspecified atom stereocenters. The van der Waals surface area contributed by atoms with Gasteiger partial charge in [0.2, 0.25) is 0 Å². The maximum Gasteiger partial charge on any atom is 0.153 e. The third-order valence-corrected chi connectivity index (χ3v) is 3.05. The lowest BCUT2D eigenvalue weighted by atomic mass is 9.92. The van der Waals surface area contributed by atoms with E-state index in [9.17, 15) is 9.18 Å². The fourth-order valence-electron chi connectivity index (χ4n) is 1.99. The fraction of sp³-hybridized carbons (Fsp3) is 0.200. The lowest BCUT2D eigenvalue weighted by Crippen LogP contribution is -2.03. The molecule has 0 aliphatic heterocycles. The van der Waals surface area contributed by atoms with Crippen LogP contribution in [0.5, 0.6) is 0 Å². The quantitative estimate of drug-likeness (QED) is 0.772. The molecule has 0 amide bonds. The number of aryl methyl sites for hydroxylation is 1. The maximum atomic E-state index is 14.1.